The molecule has 0 radical (unpaired) electrons. The van der Waals surface area contributed by atoms with Gasteiger partial charge in [0.15, 0.2) is 0 Å². The number of aldehydes is 1. The molecule has 10 nitrogen and oxygen atoms in total. The molecular formula is C4H21Cl3I2K2O10. The Bertz CT molecular complexity index is 69.4. The molecule has 0 unspecified atom stereocenters. The van der Waals surface area contributed by atoms with Crippen molar-refractivity contribution in [1.29, 1.82) is 0 Å². The van der Waals surface area contributed by atoms with Crippen LogP contribution < -0.4 is 115 Å². The molecule has 0 aliphatic rings. The first-order chi connectivity index (χ1) is 6.83. The molecule has 0 bridgehead atoms. The van der Waals surface area contributed by atoms with E-state index in [1.165, 1.54) is 6.92 Å². The Morgan fingerprint density at radius 3 is 0.952 bits per heavy atom. The molecule has 0 aromatic heterocycles. The van der Waals surface area contributed by atoms with Gasteiger partial charge in [0.05, 0.1) is 0 Å². The minimum absolute atomic E-state index is 0. The normalized spacial score (nSPS) is 2.52. The van der Waals surface area contributed by atoms with E-state index >= 15 is 0 Å². The van der Waals surface area contributed by atoms with Crippen LogP contribution in [0.2, 0.25) is 0 Å². The quantitative estimate of drug-likeness (QED) is 0.0549. The molecule has 0 amide bonds. The fourth-order valence-electron chi connectivity index (χ4n) is 0. The van der Waals surface area contributed by atoms with Crippen LogP contribution in [0.5, 0.6) is 0 Å². The smallest absolute Gasteiger partial charge is 1.00 e. The maximum Gasteiger partial charge on any atom is 1.00 e. The average Bonchev–Trinajstić information content (AvgIpc) is 2.31. The van der Waals surface area contributed by atoms with E-state index in [4.69, 9.17) is 40.9 Å². The van der Waals surface area contributed by atoms with Crippen molar-refractivity contribution in [3.63, 3.8) is 0 Å². The molecule has 9 N–H and O–H groups in total. The number of aliphatic hydroxyl groups excluding tert-OH is 1. The fourth-order valence-corrected chi connectivity index (χ4v) is 0. The first-order valence-corrected chi connectivity index (χ1v) is 8.83. The van der Waals surface area contributed by atoms with Gasteiger partial charge in [-0.05, 0) is 13.8 Å². The summed E-state index contributed by atoms with van der Waals surface area (Å²) in [7, 11) is 0. The number of halogens is 5. The number of carbonyl (C=O) groups excluding carboxylic acids is 1. The summed E-state index contributed by atoms with van der Waals surface area (Å²) in [4.78, 5) is 22.8. The Hall–Kier alpha value is 4.59. The number of aliphatic hydroxyl groups is 1. The van der Waals surface area contributed by atoms with E-state index in [1.54, 1.807) is 6.92 Å². The molecule has 0 aromatic carbocycles. The Labute approximate surface area is 251 Å². The van der Waals surface area contributed by atoms with E-state index in [0.29, 0.717) is 0 Å². The number of rotatable bonds is 0. The van der Waals surface area contributed by atoms with Crippen LogP contribution in [-0.4, -0.2) is 50.0 Å². The largest absolute Gasteiger partial charge is 1.00 e. The zero-order chi connectivity index (χ0) is 13.4. The van der Waals surface area contributed by atoms with Gasteiger partial charge in [0.2, 0.25) is 0 Å². The van der Waals surface area contributed by atoms with Crippen molar-refractivity contribution in [2.24, 2.45) is 0 Å². The van der Waals surface area contributed by atoms with Gasteiger partial charge >= 0.3 is 103 Å². The average molecular weight is 668 g/mol. The first-order valence-electron chi connectivity index (χ1n) is 2.55. The maximum absolute atomic E-state index is 8.81. The van der Waals surface area contributed by atoms with Crippen LogP contribution in [0.3, 0.4) is 0 Å². The van der Waals surface area contributed by atoms with Gasteiger partial charge < -0.3 is 34.7 Å². The van der Waals surface area contributed by atoms with Crippen molar-refractivity contribution in [3.8, 4) is 0 Å². The first kappa shape index (κ1) is 97.6. The summed E-state index contributed by atoms with van der Waals surface area (Å²) in [6.45, 7) is 3.38. The van der Waals surface area contributed by atoms with Crippen LogP contribution in [0.15, 0.2) is 0 Å². The van der Waals surface area contributed by atoms with Crippen LogP contribution in [0, 0.1) is 9.93 Å². The van der Waals surface area contributed by atoms with Crippen molar-refractivity contribution in [2.75, 3.05) is 6.61 Å². The molecular weight excluding hydrogens is 646 g/mol. The molecule has 0 atom stereocenters. The number of carbonyl (C=O) groups is 1. The Morgan fingerprint density at radius 1 is 0.952 bits per heavy atom. The molecule has 134 valence electrons. The van der Waals surface area contributed by atoms with Crippen LogP contribution in [0.25, 0.3) is 0 Å². The van der Waals surface area contributed by atoms with Crippen molar-refractivity contribution in [2.45, 2.75) is 13.8 Å². The topological polar surface area (TPSA) is 215 Å². The minimum Gasteiger partial charge on any atom is -1.00 e. The van der Waals surface area contributed by atoms with Gasteiger partial charge in [-0.2, -0.15) is 0 Å². The van der Waals surface area contributed by atoms with Crippen molar-refractivity contribution < 1.29 is 158 Å². The van der Waals surface area contributed by atoms with Gasteiger partial charge in [-0.15, -0.1) is 24.8 Å². The summed E-state index contributed by atoms with van der Waals surface area (Å²) in [5, 5.41) is 31.6. The molecule has 21 heavy (non-hydrogen) atoms. The molecule has 0 saturated heterocycles. The Morgan fingerprint density at radius 2 is 0.952 bits per heavy atom. The van der Waals surface area contributed by atoms with Crippen LogP contribution in [-0.2, 0) is 4.79 Å². The third-order valence-corrected chi connectivity index (χ3v) is 0. The summed E-state index contributed by atoms with van der Waals surface area (Å²) in [5.74, 6) is 0. The monoisotopic (exact) mass is 666 g/mol. The summed E-state index contributed by atoms with van der Waals surface area (Å²) in [6, 6.07) is 0. The van der Waals surface area contributed by atoms with Crippen LogP contribution >= 0.6 is 62.0 Å². The second-order valence-corrected chi connectivity index (χ2v) is 0.552. The predicted octanol–water partition coefficient (Wildman–Crippen LogP) is -7.60. The molecule has 0 fully saturated rings. The van der Waals surface area contributed by atoms with E-state index < -0.39 is 0 Å². The van der Waals surface area contributed by atoms with Gasteiger partial charge in [0.1, 0.15) is 6.29 Å². The molecule has 0 aromatic rings. The number of hydrogen-bond acceptors (Lipinski definition) is 8. The maximum atomic E-state index is 8.81. The zero-order valence-corrected chi connectivity index (χ0v) is 24.6. The minimum atomic E-state index is 0. The molecule has 0 heterocycles. The van der Waals surface area contributed by atoms with E-state index in [9.17, 15) is 0 Å². The van der Waals surface area contributed by atoms with Crippen LogP contribution in [0.1, 0.15) is 15.3 Å². The summed E-state index contributed by atoms with van der Waals surface area (Å²) < 4.78 is 0. The molecule has 0 saturated carbocycles. The SMILES string of the molecule is CC=O.CCO.Cl.Cl.II.O.O.O=O.OO.OO.[Cl-].[H-].[K+].[K+]. The van der Waals surface area contributed by atoms with E-state index in [1.807, 2.05) is 0 Å². The van der Waals surface area contributed by atoms with E-state index in [2.05, 4.69) is 37.2 Å². The second-order valence-electron chi connectivity index (χ2n) is 0.552. The van der Waals surface area contributed by atoms with Crippen molar-refractivity contribution in [3.05, 3.63) is 9.93 Å². The number of hydrogen-bond donors (Lipinski definition) is 5. The van der Waals surface area contributed by atoms with E-state index in [0.717, 1.165) is 6.29 Å². The molecule has 0 spiro atoms. The Balaban J connectivity index is -0.00000000274. The van der Waals surface area contributed by atoms with Crippen molar-refractivity contribution in [1.82, 2.24) is 0 Å². The standard InChI is InChI=1S/C2H6O.C2H4O.3ClH.I2.2K.2H2O2.O2.2H2O.H/c2*1-2-3;;;;1-2;;;3*1-2;;;/h3H,2H2,1H3;2H,1H3;3*1H;;;;2*1-2H;;2*1H2;/q;;;;;;2*+1;;;;;;-1/p-1. The predicted molar refractivity (Wildman–Crippen MR) is 92.6 cm³/mol. The summed E-state index contributed by atoms with van der Waals surface area (Å²) >= 11 is 4.24. The molecule has 0 aliphatic carbocycles. The summed E-state index contributed by atoms with van der Waals surface area (Å²) in [6.07, 6.45) is 0.750. The van der Waals surface area contributed by atoms with Crippen molar-refractivity contribution >= 4 is 68.3 Å². The van der Waals surface area contributed by atoms with Gasteiger partial charge in [-0.3, -0.25) is 21.0 Å². The third kappa shape index (κ3) is 595. The van der Waals surface area contributed by atoms with Gasteiger partial charge in [-0.25, -0.2) is 0 Å². The zero-order valence-electron chi connectivity index (χ0n) is 12.7. The second kappa shape index (κ2) is 315. The van der Waals surface area contributed by atoms with Gasteiger partial charge in [0.25, 0.3) is 0 Å². The van der Waals surface area contributed by atoms with Crippen LogP contribution in [0.4, 0.5) is 0 Å². The Kier molecular flexibility index (Phi) is 1460. The molecule has 0 aliphatic heterocycles. The van der Waals surface area contributed by atoms with E-state index in [-0.39, 0.29) is 159 Å². The molecule has 0 rings (SSSR count). The fraction of sp³-hybridized carbons (Fsp3) is 0.750. The molecule has 17 heteroatoms. The van der Waals surface area contributed by atoms with Gasteiger partial charge in [-0.1, -0.05) is 0 Å². The van der Waals surface area contributed by atoms with Gasteiger partial charge in [0, 0.05) is 53.8 Å². The third-order valence-electron chi connectivity index (χ3n) is 0. The summed E-state index contributed by atoms with van der Waals surface area (Å²) in [5.41, 5.74) is 0.